The summed E-state index contributed by atoms with van der Waals surface area (Å²) in [6, 6.07) is 0. The van der Waals surface area contributed by atoms with Gasteiger partial charge >= 0.3 is 0 Å². The van der Waals surface area contributed by atoms with E-state index in [4.69, 9.17) is 0 Å². The first-order chi connectivity index (χ1) is 11.4. The molecule has 0 saturated carbocycles. The minimum Gasteiger partial charge on any atom is -0.340 e. The molecule has 2 amide bonds. The fraction of sp³-hybridized carbons (Fsp3) is 0.667. The third-order valence-electron chi connectivity index (χ3n) is 4.71. The van der Waals surface area contributed by atoms with Crippen molar-refractivity contribution in [2.45, 2.75) is 36.5 Å². The summed E-state index contributed by atoms with van der Waals surface area (Å²) < 4.78 is 23.7. The molecule has 2 aliphatic rings. The average molecular weight is 354 g/mol. The number of aromatic nitrogens is 2. The van der Waals surface area contributed by atoms with Crippen molar-refractivity contribution in [1.29, 1.82) is 0 Å². The number of nitrogens with zero attached hydrogens (tertiary/aromatic N) is 3. The molecule has 8 nitrogen and oxygen atoms in total. The van der Waals surface area contributed by atoms with Crippen LogP contribution in [-0.2, 0) is 19.4 Å². The molecule has 0 bridgehead atoms. The Morgan fingerprint density at radius 2 is 2.17 bits per heavy atom. The molecule has 0 spiro atoms. The highest BCUT2D eigenvalue weighted by atomic mass is 32.2. The molecule has 0 aliphatic carbocycles. The van der Waals surface area contributed by atoms with Crippen LogP contribution in [0.1, 0.15) is 37.3 Å². The van der Waals surface area contributed by atoms with E-state index in [-0.39, 0.29) is 29.2 Å². The van der Waals surface area contributed by atoms with Gasteiger partial charge in [0, 0.05) is 38.2 Å². The highest BCUT2D eigenvalue weighted by molar-refractivity contribution is 7.90. The summed E-state index contributed by atoms with van der Waals surface area (Å²) in [5.74, 6) is -0.121. The van der Waals surface area contributed by atoms with E-state index in [9.17, 15) is 18.0 Å². The number of hydrogen-bond donors (Lipinski definition) is 1. The smallest absolute Gasteiger partial charge is 0.242 e. The quantitative estimate of drug-likeness (QED) is 0.828. The molecule has 1 atom stereocenters. The van der Waals surface area contributed by atoms with Gasteiger partial charge in [-0.05, 0) is 19.3 Å². The molecular formula is C15H22N4O4S. The highest BCUT2D eigenvalue weighted by Crippen LogP contribution is 2.30. The first-order valence-corrected chi connectivity index (χ1v) is 10.0. The molecule has 132 valence electrons. The highest BCUT2D eigenvalue weighted by Gasteiger charge is 2.31. The number of carbonyl (C=O) groups is 2. The molecule has 2 aliphatic heterocycles. The van der Waals surface area contributed by atoms with Crippen LogP contribution in [0, 0.1) is 0 Å². The van der Waals surface area contributed by atoms with Gasteiger partial charge in [0.1, 0.15) is 4.90 Å². The van der Waals surface area contributed by atoms with Gasteiger partial charge in [0.15, 0.2) is 9.84 Å². The Labute approximate surface area is 141 Å². The summed E-state index contributed by atoms with van der Waals surface area (Å²) in [4.78, 5) is 27.7. The van der Waals surface area contributed by atoms with Crippen molar-refractivity contribution in [2.75, 3.05) is 32.4 Å². The Hall–Kier alpha value is -1.90. The van der Waals surface area contributed by atoms with Crippen LogP contribution >= 0.6 is 0 Å². The number of H-pyrrole nitrogens is 1. The number of amides is 2. The molecule has 24 heavy (non-hydrogen) atoms. The van der Waals surface area contributed by atoms with Gasteiger partial charge in [-0.3, -0.25) is 14.7 Å². The fourth-order valence-electron chi connectivity index (χ4n) is 3.45. The molecule has 2 saturated heterocycles. The number of aromatic amines is 1. The zero-order valence-electron chi connectivity index (χ0n) is 13.7. The number of likely N-dealkylation sites (tertiary alicyclic amines) is 2. The van der Waals surface area contributed by atoms with Crippen LogP contribution in [-0.4, -0.2) is 72.7 Å². The summed E-state index contributed by atoms with van der Waals surface area (Å²) >= 11 is 0. The molecule has 3 rings (SSSR count). The second kappa shape index (κ2) is 6.54. The number of carbonyl (C=O) groups excluding carboxylic acids is 2. The van der Waals surface area contributed by atoms with Crippen molar-refractivity contribution < 1.29 is 18.0 Å². The first-order valence-electron chi connectivity index (χ1n) is 8.15. The molecule has 2 fully saturated rings. The predicted molar refractivity (Wildman–Crippen MR) is 86.1 cm³/mol. The first kappa shape index (κ1) is 16.9. The normalized spacial score (nSPS) is 22.2. The Balaban J connectivity index is 1.69. The van der Waals surface area contributed by atoms with E-state index in [0.717, 1.165) is 25.5 Å². The minimum absolute atomic E-state index is 0.0323. The van der Waals surface area contributed by atoms with E-state index < -0.39 is 9.84 Å². The lowest BCUT2D eigenvalue weighted by Gasteiger charge is -2.33. The van der Waals surface area contributed by atoms with Crippen LogP contribution in [0.2, 0.25) is 0 Å². The van der Waals surface area contributed by atoms with Gasteiger partial charge in [0.05, 0.1) is 18.4 Å². The summed E-state index contributed by atoms with van der Waals surface area (Å²) in [5.41, 5.74) is 0.576. The lowest BCUT2D eigenvalue weighted by molar-refractivity contribution is -0.139. The topological polar surface area (TPSA) is 103 Å². The maximum absolute atomic E-state index is 12.5. The third kappa shape index (κ3) is 3.45. The summed E-state index contributed by atoms with van der Waals surface area (Å²) in [6.07, 6.45) is 5.41. The van der Waals surface area contributed by atoms with E-state index in [1.165, 1.54) is 6.20 Å². The molecular weight excluding hydrogens is 332 g/mol. The second-order valence-electron chi connectivity index (χ2n) is 6.52. The van der Waals surface area contributed by atoms with Crippen molar-refractivity contribution in [3.63, 3.8) is 0 Å². The van der Waals surface area contributed by atoms with Crippen molar-refractivity contribution in [2.24, 2.45) is 0 Å². The Kier molecular flexibility index (Phi) is 4.62. The van der Waals surface area contributed by atoms with Crippen molar-refractivity contribution in [3.8, 4) is 0 Å². The molecule has 1 aromatic rings. The molecule has 0 aromatic carbocycles. The average Bonchev–Trinajstić information content (AvgIpc) is 3.17. The minimum atomic E-state index is -3.35. The van der Waals surface area contributed by atoms with Gasteiger partial charge in [-0.15, -0.1) is 0 Å². The number of piperidine rings is 1. The van der Waals surface area contributed by atoms with Crippen molar-refractivity contribution in [1.82, 2.24) is 20.0 Å². The molecule has 3 heterocycles. The van der Waals surface area contributed by atoms with Gasteiger partial charge in [0.2, 0.25) is 11.8 Å². The van der Waals surface area contributed by atoms with Gasteiger partial charge in [-0.25, -0.2) is 8.42 Å². The number of nitrogens with one attached hydrogen (secondary N) is 1. The zero-order valence-corrected chi connectivity index (χ0v) is 14.5. The van der Waals surface area contributed by atoms with Gasteiger partial charge < -0.3 is 9.80 Å². The maximum Gasteiger partial charge on any atom is 0.242 e. The molecule has 1 aromatic heterocycles. The van der Waals surface area contributed by atoms with Gasteiger partial charge in [0.25, 0.3) is 0 Å². The molecule has 1 N–H and O–H groups in total. The van der Waals surface area contributed by atoms with E-state index in [1.54, 1.807) is 9.80 Å². The van der Waals surface area contributed by atoms with Crippen LogP contribution in [0.25, 0.3) is 0 Å². The Bertz CT molecular complexity index is 742. The number of hydrogen-bond acceptors (Lipinski definition) is 5. The van der Waals surface area contributed by atoms with Crippen molar-refractivity contribution in [3.05, 3.63) is 11.9 Å². The summed E-state index contributed by atoms with van der Waals surface area (Å²) in [5, 5.41) is 6.66. The summed E-state index contributed by atoms with van der Waals surface area (Å²) in [6.45, 7) is 1.85. The Morgan fingerprint density at radius 3 is 2.83 bits per heavy atom. The third-order valence-corrected chi connectivity index (χ3v) is 5.84. The molecule has 1 unspecified atom stereocenters. The maximum atomic E-state index is 12.5. The van der Waals surface area contributed by atoms with E-state index in [1.807, 2.05) is 0 Å². The lowest BCUT2D eigenvalue weighted by Crippen LogP contribution is -2.45. The van der Waals surface area contributed by atoms with Crippen LogP contribution in [0.4, 0.5) is 0 Å². The van der Waals surface area contributed by atoms with Crippen LogP contribution < -0.4 is 0 Å². The Morgan fingerprint density at radius 1 is 1.38 bits per heavy atom. The SMILES string of the molecule is CS(=O)(=O)c1cn[nH]c1C1CCCN(C(=O)CN2CCCC2=O)C1. The van der Waals surface area contributed by atoms with Gasteiger partial charge in [-0.1, -0.05) is 0 Å². The fourth-order valence-corrected chi connectivity index (χ4v) is 4.30. The molecule has 0 radical (unpaired) electrons. The lowest BCUT2D eigenvalue weighted by atomic mass is 9.95. The predicted octanol–water partition coefficient (Wildman–Crippen LogP) is 0.142. The second-order valence-corrected chi connectivity index (χ2v) is 8.50. The standard InChI is InChI=1S/C15H22N4O4S/c1-24(22,23)12-8-16-17-15(12)11-4-2-6-18(9-11)14(21)10-19-7-3-5-13(19)20/h8,11H,2-7,9-10H2,1H3,(H,16,17). The van der Waals surface area contributed by atoms with Crippen LogP contribution in [0.15, 0.2) is 11.1 Å². The number of rotatable bonds is 4. The summed E-state index contributed by atoms with van der Waals surface area (Å²) in [7, 11) is -3.35. The van der Waals surface area contributed by atoms with Crippen LogP contribution in [0.5, 0.6) is 0 Å². The van der Waals surface area contributed by atoms with Crippen LogP contribution in [0.3, 0.4) is 0 Å². The molecule has 9 heteroatoms. The monoisotopic (exact) mass is 354 g/mol. The largest absolute Gasteiger partial charge is 0.340 e. The van der Waals surface area contributed by atoms with E-state index >= 15 is 0 Å². The van der Waals surface area contributed by atoms with Gasteiger partial charge in [-0.2, -0.15) is 5.10 Å². The zero-order chi connectivity index (χ0) is 17.3. The van der Waals surface area contributed by atoms with E-state index in [0.29, 0.717) is 31.7 Å². The number of sulfone groups is 1. The van der Waals surface area contributed by atoms with E-state index in [2.05, 4.69) is 10.2 Å². The van der Waals surface area contributed by atoms with Crippen molar-refractivity contribution >= 4 is 21.7 Å².